The third-order valence-electron chi connectivity index (χ3n) is 3.72. The van der Waals surface area contributed by atoms with Crippen molar-refractivity contribution < 1.29 is 9.53 Å². The van der Waals surface area contributed by atoms with Crippen LogP contribution in [0, 0.1) is 6.92 Å². The van der Waals surface area contributed by atoms with Crippen LogP contribution in [0.5, 0.6) is 0 Å². The highest BCUT2D eigenvalue weighted by molar-refractivity contribution is 7.99. The number of rotatable bonds is 5. The highest BCUT2D eigenvalue weighted by atomic mass is 32.2. The van der Waals surface area contributed by atoms with Crippen LogP contribution in [0.2, 0.25) is 0 Å². The van der Waals surface area contributed by atoms with Crippen molar-refractivity contribution in [2.75, 3.05) is 6.61 Å². The van der Waals surface area contributed by atoms with Gasteiger partial charge in [0.05, 0.1) is 17.2 Å². The summed E-state index contributed by atoms with van der Waals surface area (Å²) in [6, 6.07) is 0. The number of carbonyl (C=O) groups is 1. The molecule has 0 radical (unpaired) electrons. The second kappa shape index (κ2) is 7.01. The topological polar surface area (TPSA) is 89.9 Å². The van der Waals surface area contributed by atoms with Crippen molar-refractivity contribution in [3.8, 4) is 0 Å². The van der Waals surface area contributed by atoms with Crippen LogP contribution in [-0.2, 0) is 11.8 Å². The van der Waals surface area contributed by atoms with Gasteiger partial charge in [0.1, 0.15) is 15.5 Å². The number of fused-ring (bicyclic) bond motifs is 1. The lowest BCUT2D eigenvalue weighted by Gasteiger charge is -2.10. The Morgan fingerprint density at radius 1 is 1.52 bits per heavy atom. The molecule has 0 spiro atoms. The molecule has 0 aliphatic rings. The van der Waals surface area contributed by atoms with E-state index in [1.165, 1.54) is 23.1 Å². The van der Waals surface area contributed by atoms with Gasteiger partial charge in [0, 0.05) is 19.4 Å². The maximum Gasteiger partial charge on any atom is 0.348 e. The van der Waals surface area contributed by atoms with Gasteiger partial charge in [0.15, 0.2) is 5.16 Å². The average Bonchev–Trinajstić information content (AvgIpc) is 3.11. The lowest BCUT2D eigenvalue weighted by Crippen LogP contribution is -2.13. The maximum absolute atomic E-state index is 12.5. The molecule has 0 amide bonds. The molecule has 3 aromatic rings. The number of hydrogen-bond acceptors (Lipinski definition) is 7. The van der Waals surface area contributed by atoms with Gasteiger partial charge in [-0.05, 0) is 26.3 Å². The molecular weight excluding hydrogens is 360 g/mol. The minimum atomic E-state index is -0.417. The number of aromatic nitrogens is 4. The Labute approximate surface area is 152 Å². The van der Waals surface area contributed by atoms with Crippen LogP contribution in [0.3, 0.4) is 0 Å². The predicted octanol–water partition coefficient (Wildman–Crippen LogP) is 3.06. The molecule has 132 valence electrons. The van der Waals surface area contributed by atoms with Crippen LogP contribution in [0.25, 0.3) is 10.2 Å². The Kier molecular flexibility index (Phi) is 4.96. The van der Waals surface area contributed by atoms with E-state index in [1.807, 2.05) is 24.7 Å². The first-order valence-corrected chi connectivity index (χ1v) is 9.46. The Hall–Kier alpha value is -2.13. The van der Waals surface area contributed by atoms with E-state index in [0.29, 0.717) is 33.1 Å². The Morgan fingerprint density at radius 3 is 2.92 bits per heavy atom. The van der Waals surface area contributed by atoms with E-state index in [9.17, 15) is 9.59 Å². The number of thioether (sulfide) groups is 1. The molecule has 3 heterocycles. The molecule has 1 atom stereocenters. The van der Waals surface area contributed by atoms with Crippen LogP contribution in [-0.4, -0.2) is 32.1 Å². The van der Waals surface area contributed by atoms with Crippen LogP contribution in [0.15, 0.2) is 22.3 Å². The smallest absolute Gasteiger partial charge is 0.348 e. The number of thiophene rings is 1. The van der Waals surface area contributed by atoms with Crippen molar-refractivity contribution in [3.63, 3.8) is 0 Å². The summed E-state index contributed by atoms with van der Waals surface area (Å²) in [4.78, 5) is 37.2. The molecule has 0 saturated heterocycles. The van der Waals surface area contributed by atoms with Crippen molar-refractivity contribution in [3.05, 3.63) is 39.0 Å². The first-order valence-electron chi connectivity index (χ1n) is 7.76. The summed E-state index contributed by atoms with van der Waals surface area (Å²) in [6.07, 6.45) is 3.59. The zero-order chi connectivity index (χ0) is 18.1. The fraction of sp³-hybridized carbons (Fsp3) is 0.375. The van der Waals surface area contributed by atoms with Gasteiger partial charge >= 0.3 is 5.97 Å². The highest BCUT2D eigenvalue weighted by Crippen LogP contribution is 2.33. The van der Waals surface area contributed by atoms with Gasteiger partial charge in [0.2, 0.25) is 0 Å². The zero-order valence-electron chi connectivity index (χ0n) is 14.3. The van der Waals surface area contributed by atoms with Gasteiger partial charge < -0.3 is 14.3 Å². The quantitative estimate of drug-likeness (QED) is 0.542. The maximum atomic E-state index is 12.5. The van der Waals surface area contributed by atoms with Crippen molar-refractivity contribution in [1.29, 1.82) is 0 Å². The number of hydrogen-bond donors (Lipinski definition) is 1. The number of esters is 1. The van der Waals surface area contributed by atoms with Crippen molar-refractivity contribution in [2.45, 2.75) is 31.2 Å². The molecule has 3 rings (SSSR count). The molecule has 0 aromatic carbocycles. The number of nitrogens with zero attached hydrogens (tertiary/aromatic N) is 3. The molecule has 7 nitrogen and oxygen atoms in total. The Morgan fingerprint density at radius 2 is 2.28 bits per heavy atom. The molecule has 0 fully saturated rings. The first kappa shape index (κ1) is 17.7. The molecule has 0 bridgehead atoms. The first-order chi connectivity index (χ1) is 11.9. The van der Waals surface area contributed by atoms with Crippen LogP contribution in [0.4, 0.5) is 0 Å². The molecule has 0 saturated carbocycles. The van der Waals surface area contributed by atoms with Gasteiger partial charge in [-0.25, -0.2) is 14.8 Å². The van der Waals surface area contributed by atoms with E-state index in [2.05, 4.69) is 15.0 Å². The Balaban J connectivity index is 2.00. The van der Waals surface area contributed by atoms with E-state index < -0.39 is 5.97 Å². The Bertz CT molecular complexity index is 989. The second-order valence-electron chi connectivity index (χ2n) is 5.49. The zero-order valence-corrected chi connectivity index (χ0v) is 16.0. The SMILES string of the molecule is CCOC(=O)c1sc2nc([C@H](C)Sc3nccn3C)[nH]c(=O)c2c1C. The molecule has 0 aliphatic carbocycles. The number of aryl methyl sites for hydroxylation is 2. The average molecular weight is 378 g/mol. The van der Waals surface area contributed by atoms with E-state index in [4.69, 9.17) is 4.74 Å². The lowest BCUT2D eigenvalue weighted by atomic mass is 10.2. The minimum absolute atomic E-state index is 0.0911. The van der Waals surface area contributed by atoms with Crippen molar-refractivity contribution in [2.24, 2.45) is 7.05 Å². The summed E-state index contributed by atoms with van der Waals surface area (Å²) in [5, 5.41) is 1.20. The van der Waals surface area contributed by atoms with Gasteiger partial charge in [-0.15, -0.1) is 11.3 Å². The van der Waals surface area contributed by atoms with Gasteiger partial charge in [-0.3, -0.25) is 4.79 Å². The molecule has 0 unspecified atom stereocenters. The van der Waals surface area contributed by atoms with Crippen LogP contribution < -0.4 is 5.56 Å². The van der Waals surface area contributed by atoms with Crippen molar-refractivity contribution >= 4 is 39.3 Å². The van der Waals surface area contributed by atoms with E-state index >= 15 is 0 Å². The van der Waals surface area contributed by atoms with E-state index in [1.54, 1.807) is 20.0 Å². The number of carbonyl (C=O) groups excluding carboxylic acids is 1. The molecule has 1 N–H and O–H groups in total. The number of imidazole rings is 1. The van der Waals surface area contributed by atoms with Gasteiger partial charge in [0.25, 0.3) is 5.56 Å². The lowest BCUT2D eigenvalue weighted by molar-refractivity contribution is 0.0531. The molecule has 0 aliphatic heterocycles. The highest BCUT2D eigenvalue weighted by Gasteiger charge is 2.22. The molecule has 25 heavy (non-hydrogen) atoms. The summed E-state index contributed by atoms with van der Waals surface area (Å²) in [5.74, 6) is 0.140. The normalized spacial score (nSPS) is 12.5. The summed E-state index contributed by atoms with van der Waals surface area (Å²) in [7, 11) is 1.91. The fourth-order valence-electron chi connectivity index (χ4n) is 2.42. The summed E-state index contributed by atoms with van der Waals surface area (Å²) in [5.41, 5.74) is 0.375. The fourth-order valence-corrected chi connectivity index (χ4v) is 4.39. The molecule has 3 aromatic heterocycles. The predicted molar refractivity (Wildman–Crippen MR) is 98.4 cm³/mol. The van der Waals surface area contributed by atoms with E-state index in [0.717, 1.165) is 5.16 Å². The van der Waals surface area contributed by atoms with Gasteiger partial charge in [-0.2, -0.15) is 0 Å². The second-order valence-corrected chi connectivity index (χ2v) is 7.80. The summed E-state index contributed by atoms with van der Waals surface area (Å²) < 4.78 is 6.96. The number of aromatic amines is 1. The molecule has 9 heteroatoms. The third kappa shape index (κ3) is 3.34. The summed E-state index contributed by atoms with van der Waals surface area (Å²) in [6.45, 7) is 5.74. The standard InChI is InChI=1S/C16H18N4O3S2/c1-5-23-15(22)11-8(2)10-13(21)18-12(19-14(10)25-11)9(3)24-16-17-6-7-20(16)4/h6-7,9H,5H2,1-4H3,(H,18,19,21)/t9-/m0/s1. The minimum Gasteiger partial charge on any atom is -0.462 e. The number of H-pyrrole nitrogens is 1. The number of nitrogens with one attached hydrogen (secondary N) is 1. The van der Waals surface area contributed by atoms with E-state index in [-0.39, 0.29) is 10.8 Å². The summed E-state index contributed by atoms with van der Waals surface area (Å²) >= 11 is 2.70. The van der Waals surface area contributed by atoms with Crippen molar-refractivity contribution in [1.82, 2.24) is 19.5 Å². The monoisotopic (exact) mass is 378 g/mol. The largest absolute Gasteiger partial charge is 0.462 e. The van der Waals surface area contributed by atoms with Crippen LogP contribution in [0.1, 0.15) is 40.2 Å². The van der Waals surface area contributed by atoms with Gasteiger partial charge in [-0.1, -0.05) is 11.8 Å². The molecular formula is C16H18N4O3S2. The van der Waals surface area contributed by atoms with Crippen LogP contribution >= 0.6 is 23.1 Å². The number of ether oxygens (including phenoxy) is 1. The third-order valence-corrected chi connectivity index (χ3v) is 6.07.